The molecule has 2 amide bonds. The first-order valence-corrected chi connectivity index (χ1v) is 9.96. The summed E-state index contributed by atoms with van der Waals surface area (Å²) in [6.45, 7) is 1.08. The van der Waals surface area contributed by atoms with Crippen LogP contribution in [-0.2, 0) is 16.0 Å². The van der Waals surface area contributed by atoms with E-state index in [1.807, 2.05) is 0 Å². The maximum atomic E-state index is 13.0. The number of carbonyl (C=O) groups is 2. The number of halogens is 1. The first kappa shape index (κ1) is 19.4. The predicted molar refractivity (Wildman–Crippen MR) is 111 cm³/mol. The second-order valence-corrected chi connectivity index (χ2v) is 7.74. The molecule has 4 rings (SSSR count). The molecular weight excluding hydrogens is 391 g/mol. The number of thiol groups is 1. The fourth-order valence-corrected chi connectivity index (χ4v) is 3.92. The van der Waals surface area contributed by atoms with Crippen molar-refractivity contribution in [1.82, 2.24) is 14.9 Å². The van der Waals surface area contributed by atoms with E-state index in [-0.39, 0.29) is 5.82 Å². The van der Waals surface area contributed by atoms with Crippen molar-refractivity contribution < 1.29 is 14.0 Å². The number of rotatable bonds is 3. The van der Waals surface area contributed by atoms with Crippen LogP contribution in [0.1, 0.15) is 18.4 Å². The number of hydrogen-bond acceptors (Lipinski definition) is 4. The molecule has 1 aliphatic rings. The van der Waals surface area contributed by atoms with Gasteiger partial charge in [0, 0.05) is 18.8 Å². The normalized spacial score (nSPS) is 14.9. The Hall–Kier alpha value is -2.87. The molecule has 2 N–H and O–H groups in total. The van der Waals surface area contributed by atoms with E-state index in [0.717, 1.165) is 35.9 Å². The molecule has 0 aliphatic carbocycles. The van der Waals surface area contributed by atoms with Gasteiger partial charge in [-0.3, -0.25) is 9.59 Å². The van der Waals surface area contributed by atoms with Crippen LogP contribution in [0.2, 0.25) is 0 Å². The Labute approximate surface area is 172 Å². The predicted octanol–water partition coefficient (Wildman–Crippen LogP) is 3.41. The van der Waals surface area contributed by atoms with Gasteiger partial charge in [0.1, 0.15) is 5.82 Å². The van der Waals surface area contributed by atoms with Gasteiger partial charge in [-0.05, 0) is 61.1 Å². The number of piperidine rings is 1. The summed E-state index contributed by atoms with van der Waals surface area (Å²) in [6.07, 6.45) is 2.49. The molecule has 8 heteroatoms. The van der Waals surface area contributed by atoms with E-state index < -0.39 is 11.8 Å². The van der Waals surface area contributed by atoms with Crippen LogP contribution in [0.5, 0.6) is 0 Å². The molecule has 3 aromatic rings. The van der Waals surface area contributed by atoms with Crippen LogP contribution in [-0.4, -0.2) is 39.8 Å². The van der Waals surface area contributed by atoms with Crippen molar-refractivity contribution in [2.75, 3.05) is 18.4 Å². The van der Waals surface area contributed by atoms with Crippen molar-refractivity contribution in [3.63, 3.8) is 0 Å². The third-order valence-corrected chi connectivity index (χ3v) is 5.47. The van der Waals surface area contributed by atoms with E-state index in [4.69, 9.17) is 0 Å². The molecule has 1 aliphatic heterocycles. The molecule has 0 spiro atoms. The summed E-state index contributed by atoms with van der Waals surface area (Å²) < 4.78 is 13.0. The Morgan fingerprint density at radius 1 is 1.17 bits per heavy atom. The fraction of sp³-hybridized carbons (Fsp3) is 0.286. The van der Waals surface area contributed by atoms with Gasteiger partial charge < -0.3 is 15.2 Å². The maximum absolute atomic E-state index is 13.0. The summed E-state index contributed by atoms with van der Waals surface area (Å²) in [7, 11) is 0. The smallest absolute Gasteiger partial charge is 0.313 e. The van der Waals surface area contributed by atoms with Crippen LogP contribution in [0.4, 0.5) is 10.1 Å². The van der Waals surface area contributed by atoms with Gasteiger partial charge in [-0.25, -0.2) is 9.37 Å². The van der Waals surface area contributed by atoms with Crippen molar-refractivity contribution in [2.24, 2.45) is 5.92 Å². The number of anilines is 1. The lowest BCUT2D eigenvalue weighted by molar-refractivity contribution is -0.144. The molecule has 2 aromatic carbocycles. The van der Waals surface area contributed by atoms with Gasteiger partial charge >= 0.3 is 11.8 Å². The van der Waals surface area contributed by atoms with E-state index in [1.54, 1.807) is 35.2 Å². The molecule has 1 saturated heterocycles. The van der Waals surface area contributed by atoms with Gasteiger partial charge in [0.25, 0.3) is 0 Å². The molecule has 0 unspecified atom stereocenters. The molecule has 29 heavy (non-hydrogen) atoms. The Bertz CT molecular complexity index is 1040. The first-order valence-electron chi connectivity index (χ1n) is 9.51. The van der Waals surface area contributed by atoms with Gasteiger partial charge in [-0.15, -0.1) is 12.6 Å². The van der Waals surface area contributed by atoms with E-state index in [9.17, 15) is 14.0 Å². The summed E-state index contributed by atoms with van der Waals surface area (Å²) in [5.74, 6) is -0.986. The number of carbonyl (C=O) groups excluding carboxylic acids is 2. The lowest BCUT2D eigenvalue weighted by atomic mass is 9.90. The molecule has 0 atom stereocenters. The van der Waals surface area contributed by atoms with Crippen molar-refractivity contribution in [3.8, 4) is 0 Å². The lowest BCUT2D eigenvalue weighted by Gasteiger charge is -2.31. The van der Waals surface area contributed by atoms with Crippen molar-refractivity contribution in [1.29, 1.82) is 0 Å². The molecule has 2 heterocycles. The van der Waals surface area contributed by atoms with Crippen LogP contribution in [0.15, 0.2) is 47.6 Å². The quantitative estimate of drug-likeness (QED) is 0.456. The van der Waals surface area contributed by atoms with Crippen LogP contribution >= 0.6 is 12.6 Å². The SMILES string of the molecule is O=C(Nc1ccc2nc(S)[nH]c2c1)C(=O)N1CCC(Cc2ccc(F)cc2)CC1. The Morgan fingerprint density at radius 3 is 2.62 bits per heavy atom. The van der Waals surface area contributed by atoms with Gasteiger partial charge in [0.15, 0.2) is 5.16 Å². The number of hydrogen-bond donors (Lipinski definition) is 3. The Kier molecular flexibility index (Phi) is 5.53. The Morgan fingerprint density at radius 2 is 1.90 bits per heavy atom. The highest BCUT2D eigenvalue weighted by molar-refractivity contribution is 7.80. The monoisotopic (exact) mass is 412 g/mol. The number of amides is 2. The average Bonchev–Trinajstić information content (AvgIpc) is 3.09. The van der Waals surface area contributed by atoms with Crippen molar-refractivity contribution in [2.45, 2.75) is 24.4 Å². The number of nitrogens with one attached hydrogen (secondary N) is 2. The molecule has 1 aromatic heterocycles. The number of nitrogens with zero attached hydrogens (tertiary/aromatic N) is 2. The Balaban J connectivity index is 1.31. The molecule has 150 valence electrons. The molecule has 0 saturated carbocycles. The van der Waals surface area contributed by atoms with Gasteiger partial charge in [-0.2, -0.15) is 0 Å². The summed E-state index contributed by atoms with van der Waals surface area (Å²) >= 11 is 4.16. The van der Waals surface area contributed by atoms with E-state index in [1.165, 1.54) is 12.1 Å². The molecule has 0 radical (unpaired) electrons. The van der Waals surface area contributed by atoms with Gasteiger partial charge in [-0.1, -0.05) is 12.1 Å². The van der Waals surface area contributed by atoms with Gasteiger partial charge in [0.05, 0.1) is 11.0 Å². The van der Waals surface area contributed by atoms with E-state index in [2.05, 4.69) is 27.9 Å². The summed E-state index contributed by atoms with van der Waals surface area (Å²) in [4.78, 5) is 33.6. The molecule has 0 bridgehead atoms. The first-order chi connectivity index (χ1) is 14.0. The summed E-state index contributed by atoms with van der Waals surface area (Å²) in [5.41, 5.74) is 3.09. The summed E-state index contributed by atoms with van der Waals surface area (Å²) in [5, 5.41) is 3.15. The van der Waals surface area contributed by atoms with Gasteiger partial charge in [0.2, 0.25) is 0 Å². The lowest BCUT2D eigenvalue weighted by Crippen LogP contribution is -2.44. The second kappa shape index (κ2) is 8.24. The van der Waals surface area contributed by atoms with E-state index >= 15 is 0 Å². The van der Waals surface area contributed by atoms with Crippen molar-refractivity contribution >= 4 is 41.2 Å². The third kappa shape index (κ3) is 4.59. The summed E-state index contributed by atoms with van der Waals surface area (Å²) in [6, 6.07) is 11.7. The number of benzene rings is 2. The standard InChI is InChI=1S/C21H21FN4O2S/c22-15-3-1-13(2-4-15)11-14-7-9-26(10-8-14)20(28)19(27)23-16-5-6-17-18(12-16)25-21(29)24-17/h1-6,12,14H,7-11H2,(H,23,27)(H2,24,25,29). The zero-order valence-corrected chi connectivity index (χ0v) is 16.6. The maximum Gasteiger partial charge on any atom is 0.313 e. The fourth-order valence-electron chi connectivity index (χ4n) is 3.70. The minimum atomic E-state index is -0.646. The number of imidazole rings is 1. The molecular formula is C21H21FN4O2S. The largest absolute Gasteiger partial charge is 0.334 e. The number of aromatic nitrogens is 2. The van der Waals surface area contributed by atoms with Crippen LogP contribution in [0, 0.1) is 11.7 Å². The minimum absolute atomic E-state index is 0.238. The molecule has 1 fully saturated rings. The number of aromatic amines is 1. The van der Waals surface area contributed by atoms with Crippen LogP contribution in [0.25, 0.3) is 11.0 Å². The highest BCUT2D eigenvalue weighted by Crippen LogP contribution is 2.23. The minimum Gasteiger partial charge on any atom is -0.334 e. The highest BCUT2D eigenvalue weighted by atomic mass is 32.1. The third-order valence-electron chi connectivity index (χ3n) is 5.26. The van der Waals surface area contributed by atoms with E-state index in [0.29, 0.717) is 29.9 Å². The van der Waals surface area contributed by atoms with Crippen molar-refractivity contribution in [3.05, 3.63) is 53.8 Å². The highest BCUT2D eigenvalue weighted by Gasteiger charge is 2.27. The zero-order chi connectivity index (χ0) is 20.4. The van der Waals surface area contributed by atoms with Crippen LogP contribution < -0.4 is 5.32 Å². The second-order valence-electron chi connectivity index (χ2n) is 7.31. The topological polar surface area (TPSA) is 78.1 Å². The number of likely N-dealkylation sites (tertiary alicyclic amines) is 1. The number of H-pyrrole nitrogens is 1. The number of fused-ring (bicyclic) bond motifs is 1. The average molecular weight is 412 g/mol. The van der Waals surface area contributed by atoms with Crippen LogP contribution in [0.3, 0.4) is 0 Å². The molecule has 6 nitrogen and oxygen atoms in total. The zero-order valence-electron chi connectivity index (χ0n) is 15.7.